The number of nitrogens with one attached hydrogen (secondary N) is 1. The van der Waals surface area contributed by atoms with Gasteiger partial charge in [-0.15, -0.1) is 5.10 Å². The molecular formula is C10H15N5O2. The van der Waals surface area contributed by atoms with Gasteiger partial charge in [0, 0.05) is 26.2 Å². The van der Waals surface area contributed by atoms with E-state index in [1.807, 2.05) is 0 Å². The lowest BCUT2D eigenvalue weighted by molar-refractivity contribution is 0.0759. The summed E-state index contributed by atoms with van der Waals surface area (Å²) in [6.45, 7) is 2.74. The molecule has 17 heavy (non-hydrogen) atoms. The number of likely N-dealkylation sites (tertiary alicyclic amines) is 1. The molecule has 7 heteroatoms. The topological polar surface area (TPSA) is 83.3 Å². The zero-order valence-electron chi connectivity index (χ0n) is 9.41. The summed E-state index contributed by atoms with van der Waals surface area (Å²) in [6.07, 6.45) is 1.94. The van der Waals surface area contributed by atoms with E-state index < -0.39 is 6.10 Å². The maximum absolute atomic E-state index is 12.0. The lowest BCUT2D eigenvalue weighted by Gasteiger charge is -2.26. The second-order valence-corrected chi connectivity index (χ2v) is 4.59. The minimum atomic E-state index is -0.398. The van der Waals surface area contributed by atoms with E-state index >= 15 is 0 Å². The zero-order valence-corrected chi connectivity index (χ0v) is 9.41. The number of rotatable bonds is 2. The third-order valence-electron chi connectivity index (χ3n) is 3.31. The van der Waals surface area contributed by atoms with Crippen LogP contribution in [0.4, 0.5) is 0 Å². The van der Waals surface area contributed by atoms with Gasteiger partial charge in [0.2, 0.25) is 0 Å². The van der Waals surface area contributed by atoms with Crippen LogP contribution >= 0.6 is 0 Å². The third-order valence-corrected chi connectivity index (χ3v) is 3.31. The molecule has 2 fully saturated rings. The molecule has 0 radical (unpaired) electrons. The Morgan fingerprint density at radius 1 is 1.53 bits per heavy atom. The van der Waals surface area contributed by atoms with Crippen molar-refractivity contribution in [2.24, 2.45) is 0 Å². The van der Waals surface area contributed by atoms with Gasteiger partial charge in [-0.25, -0.2) is 4.68 Å². The van der Waals surface area contributed by atoms with E-state index in [0.29, 0.717) is 31.2 Å². The SMILES string of the molecule is O=C(c1cn(C2CNC2)nn1)N1CC[C@H](O)C1. The van der Waals surface area contributed by atoms with Crippen molar-refractivity contribution in [3.05, 3.63) is 11.9 Å². The fourth-order valence-electron chi connectivity index (χ4n) is 2.10. The van der Waals surface area contributed by atoms with Crippen molar-refractivity contribution < 1.29 is 9.90 Å². The third kappa shape index (κ3) is 1.91. The Bertz CT molecular complexity index is 428. The molecule has 1 aromatic rings. The Hall–Kier alpha value is -1.47. The lowest BCUT2D eigenvalue weighted by atomic mass is 10.2. The first kappa shape index (κ1) is 10.7. The van der Waals surface area contributed by atoms with Crippen LogP contribution in [0.25, 0.3) is 0 Å². The van der Waals surface area contributed by atoms with E-state index in [2.05, 4.69) is 15.6 Å². The van der Waals surface area contributed by atoms with Gasteiger partial charge in [0.25, 0.3) is 5.91 Å². The van der Waals surface area contributed by atoms with Crippen LogP contribution < -0.4 is 5.32 Å². The van der Waals surface area contributed by atoms with Crippen LogP contribution in [0.3, 0.4) is 0 Å². The normalized spacial score (nSPS) is 25.0. The van der Waals surface area contributed by atoms with Gasteiger partial charge in [-0.2, -0.15) is 0 Å². The van der Waals surface area contributed by atoms with Gasteiger partial charge >= 0.3 is 0 Å². The van der Waals surface area contributed by atoms with E-state index in [-0.39, 0.29) is 5.91 Å². The molecule has 7 nitrogen and oxygen atoms in total. The molecule has 0 saturated carbocycles. The molecule has 1 aromatic heterocycles. The molecule has 1 amide bonds. The number of hydrogen-bond acceptors (Lipinski definition) is 5. The number of nitrogens with zero attached hydrogens (tertiary/aromatic N) is 4. The molecule has 0 unspecified atom stereocenters. The molecule has 2 aliphatic heterocycles. The van der Waals surface area contributed by atoms with E-state index in [1.165, 1.54) is 0 Å². The van der Waals surface area contributed by atoms with Crippen LogP contribution in [0, 0.1) is 0 Å². The van der Waals surface area contributed by atoms with Crippen LogP contribution in [0.5, 0.6) is 0 Å². The number of aliphatic hydroxyl groups is 1. The molecule has 92 valence electrons. The van der Waals surface area contributed by atoms with Gasteiger partial charge in [0.05, 0.1) is 18.3 Å². The molecule has 1 atom stereocenters. The molecule has 2 aliphatic rings. The monoisotopic (exact) mass is 237 g/mol. The van der Waals surface area contributed by atoms with Crippen LogP contribution in [-0.4, -0.2) is 63.2 Å². The second kappa shape index (κ2) is 4.08. The number of aromatic nitrogens is 3. The predicted octanol–water partition coefficient (Wildman–Crippen LogP) is -1.37. The van der Waals surface area contributed by atoms with Crippen LogP contribution in [0.2, 0.25) is 0 Å². The summed E-state index contributed by atoms with van der Waals surface area (Å²) < 4.78 is 1.73. The van der Waals surface area contributed by atoms with Crippen LogP contribution in [-0.2, 0) is 0 Å². The Balaban J connectivity index is 1.70. The molecule has 2 saturated heterocycles. The fourth-order valence-corrected chi connectivity index (χ4v) is 2.10. The standard InChI is InChI=1S/C10H15N5O2/c16-8-1-2-14(5-8)10(17)9-6-15(13-12-9)7-3-11-4-7/h6-8,11,16H,1-5H2/t8-/m0/s1. The lowest BCUT2D eigenvalue weighted by Crippen LogP contribution is -2.43. The first-order valence-corrected chi connectivity index (χ1v) is 5.84. The van der Waals surface area contributed by atoms with Crippen molar-refractivity contribution in [2.75, 3.05) is 26.2 Å². The number of carbonyl (C=O) groups is 1. The summed E-state index contributed by atoms with van der Waals surface area (Å²) in [6, 6.07) is 0.313. The van der Waals surface area contributed by atoms with Gasteiger partial charge in [0.1, 0.15) is 0 Å². The summed E-state index contributed by atoms with van der Waals surface area (Å²) in [5, 5.41) is 20.4. The van der Waals surface area contributed by atoms with E-state index in [4.69, 9.17) is 0 Å². The van der Waals surface area contributed by atoms with E-state index in [9.17, 15) is 9.90 Å². The molecule has 0 spiro atoms. The van der Waals surface area contributed by atoms with Crippen molar-refractivity contribution in [3.8, 4) is 0 Å². The van der Waals surface area contributed by atoms with Crippen molar-refractivity contribution in [2.45, 2.75) is 18.6 Å². The average Bonchev–Trinajstić information content (AvgIpc) is 2.84. The van der Waals surface area contributed by atoms with Crippen LogP contribution in [0.15, 0.2) is 6.20 Å². The number of hydrogen-bond donors (Lipinski definition) is 2. The van der Waals surface area contributed by atoms with E-state index in [0.717, 1.165) is 13.1 Å². The highest BCUT2D eigenvalue weighted by atomic mass is 16.3. The maximum atomic E-state index is 12.0. The Morgan fingerprint density at radius 2 is 2.35 bits per heavy atom. The fraction of sp³-hybridized carbons (Fsp3) is 0.700. The van der Waals surface area contributed by atoms with Gasteiger partial charge in [-0.3, -0.25) is 4.79 Å². The van der Waals surface area contributed by atoms with Gasteiger partial charge < -0.3 is 15.3 Å². The first-order chi connectivity index (χ1) is 8.24. The molecule has 0 bridgehead atoms. The summed E-state index contributed by atoms with van der Waals surface area (Å²) in [4.78, 5) is 13.6. The molecule has 0 aromatic carbocycles. The highest BCUT2D eigenvalue weighted by Crippen LogP contribution is 2.14. The Morgan fingerprint density at radius 3 is 2.94 bits per heavy atom. The first-order valence-electron chi connectivity index (χ1n) is 5.84. The van der Waals surface area contributed by atoms with Crippen LogP contribution in [0.1, 0.15) is 23.0 Å². The summed E-state index contributed by atoms with van der Waals surface area (Å²) in [5.41, 5.74) is 0.367. The van der Waals surface area contributed by atoms with Gasteiger partial charge in [-0.1, -0.05) is 5.21 Å². The highest BCUT2D eigenvalue weighted by Gasteiger charge is 2.28. The van der Waals surface area contributed by atoms with Crippen molar-refractivity contribution in [1.82, 2.24) is 25.2 Å². The summed E-state index contributed by atoms with van der Waals surface area (Å²) in [7, 11) is 0. The maximum Gasteiger partial charge on any atom is 0.276 e. The minimum Gasteiger partial charge on any atom is -0.391 e. The number of β-amino-alcohol motifs (C(OH)–C–C–N with tert-alkyl or cyclic N) is 1. The second-order valence-electron chi connectivity index (χ2n) is 4.59. The molecule has 2 N–H and O–H groups in total. The molecule has 0 aliphatic carbocycles. The number of carbonyl (C=O) groups excluding carboxylic acids is 1. The predicted molar refractivity (Wildman–Crippen MR) is 58.5 cm³/mol. The van der Waals surface area contributed by atoms with Crippen molar-refractivity contribution >= 4 is 5.91 Å². The molecule has 3 rings (SSSR count). The van der Waals surface area contributed by atoms with Crippen molar-refractivity contribution in [3.63, 3.8) is 0 Å². The van der Waals surface area contributed by atoms with E-state index in [1.54, 1.807) is 15.8 Å². The summed E-state index contributed by atoms with van der Waals surface area (Å²) >= 11 is 0. The summed E-state index contributed by atoms with van der Waals surface area (Å²) in [5.74, 6) is -0.139. The largest absolute Gasteiger partial charge is 0.391 e. The smallest absolute Gasteiger partial charge is 0.276 e. The average molecular weight is 237 g/mol. The molecular weight excluding hydrogens is 222 g/mol. The Labute approximate surface area is 98.4 Å². The zero-order chi connectivity index (χ0) is 11.8. The molecule has 3 heterocycles. The number of aliphatic hydroxyl groups excluding tert-OH is 1. The van der Waals surface area contributed by atoms with Gasteiger partial charge in [-0.05, 0) is 6.42 Å². The Kier molecular flexibility index (Phi) is 2.56. The minimum absolute atomic E-state index is 0.139. The quantitative estimate of drug-likeness (QED) is 0.663. The van der Waals surface area contributed by atoms with Crippen molar-refractivity contribution in [1.29, 1.82) is 0 Å². The van der Waals surface area contributed by atoms with Gasteiger partial charge in [0.15, 0.2) is 5.69 Å². The number of amides is 1. The highest BCUT2D eigenvalue weighted by molar-refractivity contribution is 5.92.